The summed E-state index contributed by atoms with van der Waals surface area (Å²) in [6.07, 6.45) is 8.55. The molecule has 8 nitrogen and oxygen atoms in total. The number of carbonyl (C=O) groups excluding carboxylic acids is 1. The summed E-state index contributed by atoms with van der Waals surface area (Å²) in [4.78, 5) is 22.2. The summed E-state index contributed by atoms with van der Waals surface area (Å²) in [5, 5.41) is 2.89. The van der Waals surface area contributed by atoms with Crippen molar-refractivity contribution in [3.63, 3.8) is 0 Å². The summed E-state index contributed by atoms with van der Waals surface area (Å²) in [7, 11) is 3.32. The fourth-order valence-electron chi connectivity index (χ4n) is 5.08. The van der Waals surface area contributed by atoms with Gasteiger partial charge in [-0.1, -0.05) is 0 Å². The van der Waals surface area contributed by atoms with Crippen molar-refractivity contribution in [2.75, 3.05) is 19.5 Å². The Morgan fingerprint density at radius 1 is 1.25 bits per heavy atom. The molecule has 1 N–H and O–H groups in total. The Morgan fingerprint density at radius 3 is 2.75 bits per heavy atom. The highest BCUT2D eigenvalue weighted by Crippen LogP contribution is 2.60. The molecule has 168 valence electrons. The van der Waals surface area contributed by atoms with Crippen molar-refractivity contribution in [1.82, 2.24) is 14.4 Å². The van der Waals surface area contributed by atoms with Crippen LogP contribution in [0.5, 0.6) is 11.6 Å². The second kappa shape index (κ2) is 7.78. The Balaban J connectivity index is 1.49. The van der Waals surface area contributed by atoms with Gasteiger partial charge in [0.2, 0.25) is 5.88 Å². The number of anilines is 1. The second-order valence-corrected chi connectivity index (χ2v) is 9.03. The van der Waals surface area contributed by atoms with Crippen molar-refractivity contribution in [2.24, 2.45) is 5.92 Å². The fraction of sp³-hybridized carbons (Fsp3) is 0.458. The second-order valence-electron chi connectivity index (χ2n) is 9.03. The van der Waals surface area contributed by atoms with Gasteiger partial charge >= 0.3 is 0 Å². The number of imidazole rings is 1. The normalized spacial score (nSPS) is 23.9. The number of pyridine rings is 2. The van der Waals surface area contributed by atoms with Gasteiger partial charge in [-0.25, -0.2) is 9.97 Å². The van der Waals surface area contributed by atoms with Gasteiger partial charge < -0.3 is 23.9 Å². The van der Waals surface area contributed by atoms with Gasteiger partial charge in [0.15, 0.2) is 0 Å². The molecule has 3 saturated carbocycles. The van der Waals surface area contributed by atoms with E-state index in [1.165, 1.54) is 7.11 Å². The van der Waals surface area contributed by atoms with Gasteiger partial charge in [0, 0.05) is 37.7 Å². The Kier molecular flexibility index (Phi) is 5.04. The molecule has 3 fully saturated rings. The number of aromatic nitrogens is 3. The summed E-state index contributed by atoms with van der Waals surface area (Å²) < 4.78 is 18.9. The number of nitrogens with zero attached hydrogens (tertiary/aromatic N) is 3. The quantitative estimate of drug-likeness (QED) is 0.601. The highest BCUT2D eigenvalue weighted by atomic mass is 16.5. The van der Waals surface area contributed by atoms with Gasteiger partial charge in [0.05, 0.1) is 30.1 Å². The number of fused-ring (bicyclic) bond motifs is 2. The molecule has 3 heterocycles. The van der Waals surface area contributed by atoms with Crippen LogP contribution in [0.3, 0.4) is 0 Å². The van der Waals surface area contributed by atoms with Crippen LogP contribution in [0.2, 0.25) is 0 Å². The zero-order valence-electron chi connectivity index (χ0n) is 18.8. The molecular formula is C24H28N4O4. The lowest BCUT2D eigenvalue weighted by Gasteiger charge is -2.36. The molecule has 3 aromatic rings. The standard InChI is InChI=1S/C24H28N4O4/c1-14(2)32-20-8-21-26-19(16-11-24(31-4)9-15(16)10-24)13-28(21)12-17(20)22(29)27-18-6-5-7-25-23(18)30-3/h5-8,12-16H,9-11H2,1-4H3,(H,27,29)/t15?,16-,24?/m1/s1. The number of methoxy groups -OCH3 is 2. The van der Waals surface area contributed by atoms with Gasteiger partial charge in [-0.15, -0.1) is 0 Å². The van der Waals surface area contributed by atoms with Gasteiger partial charge in [-0.3, -0.25) is 4.79 Å². The highest BCUT2D eigenvalue weighted by molar-refractivity contribution is 6.06. The minimum Gasteiger partial charge on any atom is -0.490 e. The number of ether oxygens (including phenoxy) is 3. The predicted octanol–water partition coefficient (Wildman–Crippen LogP) is 4.06. The van der Waals surface area contributed by atoms with E-state index in [0.29, 0.717) is 34.7 Å². The fourth-order valence-corrected chi connectivity index (χ4v) is 5.08. The summed E-state index contributed by atoms with van der Waals surface area (Å²) in [6.45, 7) is 3.87. The minimum atomic E-state index is -0.300. The van der Waals surface area contributed by atoms with Crippen LogP contribution in [-0.2, 0) is 4.74 Å². The molecule has 8 heteroatoms. The third-order valence-corrected chi connectivity index (χ3v) is 6.64. The van der Waals surface area contributed by atoms with E-state index in [1.807, 2.05) is 30.5 Å². The van der Waals surface area contributed by atoms with Crippen LogP contribution in [0.25, 0.3) is 5.65 Å². The predicted molar refractivity (Wildman–Crippen MR) is 120 cm³/mol. The van der Waals surface area contributed by atoms with Gasteiger partial charge in [0.25, 0.3) is 5.91 Å². The Hall–Kier alpha value is -3.13. The molecular weight excluding hydrogens is 408 g/mol. The van der Waals surface area contributed by atoms with E-state index >= 15 is 0 Å². The lowest BCUT2D eigenvalue weighted by molar-refractivity contribution is -0.0600. The molecule has 3 aliphatic carbocycles. The number of rotatable bonds is 7. The molecule has 0 spiro atoms. The minimum absolute atomic E-state index is 0.0326. The van der Waals surface area contributed by atoms with E-state index in [0.717, 1.165) is 30.6 Å². The van der Waals surface area contributed by atoms with Crippen LogP contribution in [0.4, 0.5) is 5.69 Å². The van der Waals surface area contributed by atoms with Crippen LogP contribution in [0.1, 0.15) is 55.1 Å². The smallest absolute Gasteiger partial charge is 0.261 e. The molecule has 1 amide bonds. The molecule has 6 rings (SSSR count). The van der Waals surface area contributed by atoms with Crippen molar-refractivity contribution in [2.45, 2.75) is 50.7 Å². The largest absolute Gasteiger partial charge is 0.490 e. The first kappa shape index (κ1) is 20.8. The Bertz CT molecular complexity index is 1170. The topological polar surface area (TPSA) is 87.0 Å². The molecule has 2 bridgehead atoms. The third-order valence-electron chi connectivity index (χ3n) is 6.64. The number of amides is 1. The first-order valence-electron chi connectivity index (χ1n) is 11.0. The first-order chi connectivity index (χ1) is 15.4. The van der Waals surface area contributed by atoms with Crippen molar-refractivity contribution < 1.29 is 19.0 Å². The monoisotopic (exact) mass is 436 g/mol. The molecule has 0 aliphatic heterocycles. The van der Waals surface area contributed by atoms with E-state index in [4.69, 9.17) is 19.2 Å². The van der Waals surface area contributed by atoms with E-state index < -0.39 is 0 Å². The molecule has 0 radical (unpaired) electrons. The molecule has 32 heavy (non-hydrogen) atoms. The van der Waals surface area contributed by atoms with E-state index in [2.05, 4.69) is 10.3 Å². The third kappa shape index (κ3) is 3.48. The van der Waals surface area contributed by atoms with Crippen molar-refractivity contribution in [1.29, 1.82) is 0 Å². The van der Waals surface area contributed by atoms with Gasteiger partial charge in [-0.2, -0.15) is 0 Å². The summed E-state index contributed by atoms with van der Waals surface area (Å²) in [5.41, 5.74) is 2.77. The van der Waals surface area contributed by atoms with Gasteiger partial charge in [-0.05, 0) is 51.2 Å². The lowest BCUT2D eigenvalue weighted by atomic mass is 9.78. The zero-order valence-corrected chi connectivity index (χ0v) is 18.8. The number of hydrogen-bond donors (Lipinski definition) is 1. The van der Waals surface area contributed by atoms with E-state index in [1.54, 1.807) is 31.6 Å². The van der Waals surface area contributed by atoms with Crippen LogP contribution in [0.15, 0.2) is 36.8 Å². The average molecular weight is 437 g/mol. The van der Waals surface area contributed by atoms with Crippen LogP contribution >= 0.6 is 0 Å². The molecule has 1 atom stereocenters. The maximum atomic E-state index is 13.2. The van der Waals surface area contributed by atoms with E-state index in [-0.39, 0.29) is 17.6 Å². The van der Waals surface area contributed by atoms with Crippen molar-refractivity contribution >= 4 is 17.2 Å². The van der Waals surface area contributed by atoms with Gasteiger partial charge in [0.1, 0.15) is 17.1 Å². The molecule has 3 aliphatic rings. The van der Waals surface area contributed by atoms with E-state index in [9.17, 15) is 4.79 Å². The lowest BCUT2D eigenvalue weighted by Crippen LogP contribution is -2.36. The summed E-state index contributed by atoms with van der Waals surface area (Å²) in [5.74, 6) is 1.55. The van der Waals surface area contributed by atoms with Crippen molar-refractivity contribution in [3.8, 4) is 11.6 Å². The number of nitrogens with one attached hydrogen (secondary N) is 1. The maximum absolute atomic E-state index is 13.2. The van der Waals surface area contributed by atoms with Crippen LogP contribution in [-0.4, -0.2) is 46.2 Å². The summed E-state index contributed by atoms with van der Waals surface area (Å²) >= 11 is 0. The highest BCUT2D eigenvalue weighted by Gasteiger charge is 2.57. The Morgan fingerprint density at radius 2 is 2.06 bits per heavy atom. The first-order valence-corrected chi connectivity index (χ1v) is 11.0. The molecule has 0 saturated heterocycles. The van der Waals surface area contributed by atoms with Crippen LogP contribution in [0, 0.1) is 5.92 Å². The Labute approximate surface area is 186 Å². The SMILES string of the molecule is COc1ncccc1NC(=O)c1cn2cc([C@@H]3CC4(OC)CC3C4)nc2cc1OC(C)C. The molecule has 0 aromatic carbocycles. The number of carbonyl (C=O) groups is 1. The van der Waals surface area contributed by atoms with Crippen molar-refractivity contribution in [3.05, 3.63) is 48.0 Å². The zero-order chi connectivity index (χ0) is 22.5. The number of hydrogen-bond acceptors (Lipinski definition) is 6. The van der Waals surface area contributed by atoms with Crippen LogP contribution < -0.4 is 14.8 Å². The maximum Gasteiger partial charge on any atom is 0.261 e. The average Bonchev–Trinajstić information content (AvgIpc) is 3.43. The molecule has 3 aromatic heterocycles. The summed E-state index contributed by atoms with van der Waals surface area (Å²) in [6, 6.07) is 5.33. The molecule has 0 unspecified atom stereocenters.